The molecule has 36 heteroatoms. The van der Waals surface area contributed by atoms with Gasteiger partial charge in [-0.3, -0.25) is 9.35 Å². The Balaban J connectivity index is 1.43. The quantitative estimate of drug-likeness (QED) is 0.0423. The molecule has 0 aromatic carbocycles. The van der Waals surface area contributed by atoms with Crippen molar-refractivity contribution in [2.24, 2.45) is 0 Å². The van der Waals surface area contributed by atoms with Crippen LogP contribution in [0.2, 0.25) is 0 Å². The summed E-state index contributed by atoms with van der Waals surface area (Å²) in [5, 5.41) is 203. The van der Waals surface area contributed by atoms with Gasteiger partial charge in [-0.2, -0.15) is 8.42 Å². The van der Waals surface area contributed by atoms with Crippen LogP contribution in [0.5, 0.6) is 0 Å². The molecule has 5 aliphatic rings. The first-order valence-corrected chi connectivity index (χ1v) is 24.1. The lowest BCUT2D eigenvalue weighted by atomic mass is 9.95. The first-order valence-electron chi connectivity index (χ1n) is 22.7. The molecule has 0 radical (unpaired) electrons. The van der Waals surface area contributed by atoms with Gasteiger partial charge in [0.2, 0.25) is 5.91 Å². The van der Waals surface area contributed by atoms with Gasteiger partial charge in [0.1, 0.15) is 146 Å². The van der Waals surface area contributed by atoms with E-state index in [-0.39, 0.29) is 0 Å². The fourth-order valence-electron chi connectivity index (χ4n) is 8.64. The lowest BCUT2D eigenvalue weighted by molar-refractivity contribution is -0.387. The number of carbonyl (C=O) groups excluding carboxylic acids is 1. The summed E-state index contributed by atoms with van der Waals surface area (Å²) in [6.07, 6.45) is -58.0. The number of ether oxygens (including phenoxy) is 10. The van der Waals surface area contributed by atoms with Gasteiger partial charge in [0.05, 0.1) is 46.2 Å². The van der Waals surface area contributed by atoms with Crippen LogP contribution in [-0.2, 0) is 66.7 Å². The summed E-state index contributed by atoms with van der Waals surface area (Å²) in [6.45, 7) is -6.58. The third-order valence-electron chi connectivity index (χ3n) is 12.7. The summed E-state index contributed by atoms with van der Waals surface area (Å²) < 4.78 is 92.8. The van der Waals surface area contributed by atoms with E-state index in [1.165, 1.54) is 0 Å². The fourth-order valence-corrected chi connectivity index (χ4v) is 9.15. The van der Waals surface area contributed by atoms with Crippen LogP contribution >= 0.6 is 0 Å². The summed E-state index contributed by atoms with van der Waals surface area (Å²) in [7, 11) is -5.39. The van der Waals surface area contributed by atoms with Gasteiger partial charge in [0.25, 0.3) is 0 Å². The van der Waals surface area contributed by atoms with Crippen LogP contribution in [0, 0.1) is 0 Å². The Morgan fingerprint density at radius 3 is 1.41 bits per heavy atom. The second-order valence-corrected chi connectivity index (χ2v) is 18.8. The number of rotatable bonds is 23. The molecule has 0 aromatic heterocycles. The van der Waals surface area contributed by atoms with E-state index in [0.717, 1.165) is 6.92 Å². The summed E-state index contributed by atoms with van der Waals surface area (Å²) in [4.78, 5) is 12.5. The smallest absolute Gasteiger partial charge is 0.394 e. The van der Waals surface area contributed by atoms with E-state index < -0.39 is 240 Å². The van der Waals surface area contributed by atoms with Gasteiger partial charge in [0.15, 0.2) is 31.5 Å². The number of hydrogen-bond donors (Lipinski definition) is 21. The zero-order valence-corrected chi connectivity index (χ0v) is 39.6. The van der Waals surface area contributed by atoms with Gasteiger partial charge in [-0.05, 0) is 0 Å². The van der Waals surface area contributed by atoms with Gasteiger partial charge in [-0.1, -0.05) is 0 Å². The monoisotopic (exact) mass is 1110 g/mol. The van der Waals surface area contributed by atoms with Gasteiger partial charge >= 0.3 is 10.4 Å². The fraction of sp³-hybridized carbons (Fsp3) is 0.974. The molecule has 0 saturated carbocycles. The molecule has 0 aromatic rings. The number of hydrogen-bond acceptors (Lipinski definition) is 33. The van der Waals surface area contributed by atoms with Crippen molar-refractivity contribution >= 4 is 16.3 Å². The molecule has 0 unspecified atom stereocenters. The number of aliphatic hydroxyl groups excluding tert-OH is 19. The summed E-state index contributed by atoms with van der Waals surface area (Å²) in [5.41, 5.74) is 0. The van der Waals surface area contributed by atoms with Crippen molar-refractivity contribution in [2.75, 3.05) is 46.2 Å². The first-order chi connectivity index (χ1) is 34.8. The minimum Gasteiger partial charge on any atom is -0.394 e. The van der Waals surface area contributed by atoms with E-state index in [4.69, 9.17) is 47.4 Å². The van der Waals surface area contributed by atoms with E-state index >= 15 is 0 Å². The van der Waals surface area contributed by atoms with Crippen LogP contribution in [0.1, 0.15) is 6.92 Å². The Labute approximate surface area is 418 Å². The van der Waals surface area contributed by atoms with Gasteiger partial charge in [0, 0.05) is 6.92 Å². The third kappa shape index (κ3) is 14.5. The van der Waals surface area contributed by atoms with Crippen molar-refractivity contribution in [1.82, 2.24) is 5.32 Å². The maximum absolute atomic E-state index is 12.5. The molecule has 29 atom stereocenters. The standard InChI is InChI=1S/C38H67NO34S/c1-9(46)39-17-23(54)30(70-38-28(59)33(73-74(60,61)62)21(52)14(6-44)66-38)15(7-45)67-34(17)63-8-16-22(53)32(27(58)37(68-16)69-29(11(48)3-41)18(49)10(47)2-40)72-36-26(57)31(20(51)13(5-43)65-36)71-35-25(56)24(55)19(50)12(4-42)64-35/h10-38,40-45,47-59H,2-8H2,1H3,(H,39,46)(H,60,61,62)/t10-,11+,12+,13+,14+,15+,16+,17+,18+,19-,20-,21-,22-,23+,24-,25+,26+,27+,28+,29+,30+,31-,32-,33-,34+,35-,36-,37-,38-/m0/s1. The average Bonchev–Trinajstić information content (AvgIpc) is 3.36. The van der Waals surface area contributed by atoms with Crippen molar-refractivity contribution in [3.63, 3.8) is 0 Å². The predicted octanol–water partition coefficient (Wildman–Crippen LogP) is -14.5. The Hall–Kier alpha value is -1.82. The van der Waals surface area contributed by atoms with E-state index in [9.17, 15) is 115 Å². The van der Waals surface area contributed by atoms with E-state index in [1.54, 1.807) is 0 Å². The average molecular weight is 1110 g/mol. The van der Waals surface area contributed by atoms with E-state index in [2.05, 4.69) is 9.50 Å². The molecular weight excluding hydrogens is 1050 g/mol. The van der Waals surface area contributed by atoms with Crippen LogP contribution in [0.25, 0.3) is 0 Å². The van der Waals surface area contributed by atoms with Gasteiger partial charge < -0.3 is 150 Å². The SMILES string of the molecule is CC(=O)N[C@H]1[C@H](OC[C@H]2O[C@@H](O[C@@H]([C@H](O)[C@@H](O)CO)[C@H](O)CO)[C@H](O)[C@@H](O[C@@H]3O[C@H](CO)[C@H](O)[C@H](O[C@@H]4O[C@H](CO)[C@H](O)[C@H](O)[C@H]4O)[C@H]3O)[C@H]2O)O[C@H](CO)[C@@H](O[C@@H]2O[C@H](CO)[C@H](O)[C@H](OS(=O)(=O)O)[C@H]2O)[C@@H]1O. The summed E-state index contributed by atoms with van der Waals surface area (Å²) in [6, 6.07) is -1.80. The topological polar surface area (TPSA) is 569 Å². The molecular formula is C38H67NO34S. The molecule has 5 fully saturated rings. The Morgan fingerprint density at radius 1 is 0.500 bits per heavy atom. The zero-order chi connectivity index (χ0) is 55.3. The molecule has 0 bridgehead atoms. The number of aliphatic hydroxyl groups is 19. The predicted molar refractivity (Wildman–Crippen MR) is 223 cm³/mol. The molecule has 5 saturated heterocycles. The van der Waals surface area contributed by atoms with Crippen LogP contribution in [0.4, 0.5) is 0 Å². The van der Waals surface area contributed by atoms with E-state index in [0.29, 0.717) is 0 Å². The molecule has 5 aliphatic heterocycles. The Morgan fingerprint density at radius 2 is 0.919 bits per heavy atom. The van der Waals surface area contributed by atoms with Crippen LogP contribution < -0.4 is 5.32 Å². The maximum Gasteiger partial charge on any atom is 0.397 e. The minimum atomic E-state index is -5.39. The maximum atomic E-state index is 12.5. The third-order valence-corrected chi connectivity index (χ3v) is 13.1. The summed E-state index contributed by atoms with van der Waals surface area (Å²) in [5.74, 6) is -0.895. The molecule has 434 valence electrons. The zero-order valence-electron chi connectivity index (χ0n) is 38.8. The molecule has 74 heavy (non-hydrogen) atoms. The van der Waals surface area contributed by atoms with Crippen molar-refractivity contribution < 1.29 is 166 Å². The van der Waals surface area contributed by atoms with Crippen molar-refractivity contribution in [1.29, 1.82) is 0 Å². The van der Waals surface area contributed by atoms with Crippen LogP contribution in [0.3, 0.4) is 0 Å². The minimum absolute atomic E-state index is 0.895. The normalized spacial score (nSPS) is 45.1. The second-order valence-electron chi connectivity index (χ2n) is 17.8. The lowest BCUT2D eigenvalue weighted by Crippen LogP contribution is -2.68. The number of carbonyl (C=O) groups is 1. The molecule has 1 amide bonds. The molecule has 5 rings (SSSR count). The van der Waals surface area contributed by atoms with Crippen LogP contribution in [0.15, 0.2) is 0 Å². The largest absolute Gasteiger partial charge is 0.397 e. The first kappa shape index (κ1) is 63.0. The number of amides is 1. The molecule has 35 nitrogen and oxygen atoms in total. The van der Waals surface area contributed by atoms with Crippen molar-refractivity contribution in [2.45, 2.75) is 185 Å². The molecule has 0 spiro atoms. The molecule has 5 heterocycles. The highest BCUT2D eigenvalue weighted by Crippen LogP contribution is 2.36. The molecule has 0 aliphatic carbocycles. The van der Waals surface area contributed by atoms with E-state index in [1.807, 2.05) is 0 Å². The summed E-state index contributed by atoms with van der Waals surface area (Å²) >= 11 is 0. The Kier molecular flexibility index (Phi) is 23.3. The van der Waals surface area contributed by atoms with Gasteiger partial charge in [-0.25, -0.2) is 4.18 Å². The molecule has 21 N–H and O–H groups in total. The second kappa shape index (κ2) is 27.4. The van der Waals surface area contributed by atoms with Gasteiger partial charge in [-0.15, -0.1) is 0 Å². The highest BCUT2D eigenvalue weighted by Gasteiger charge is 2.57. The van der Waals surface area contributed by atoms with Crippen molar-refractivity contribution in [3.8, 4) is 0 Å². The van der Waals surface area contributed by atoms with Crippen molar-refractivity contribution in [3.05, 3.63) is 0 Å². The highest BCUT2D eigenvalue weighted by molar-refractivity contribution is 7.80. The Bertz CT molecular complexity index is 1830. The lowest BCUT2D eigenvalue weighted by Gasteiger charge is -2.49. The highest BCUT2D eigenvalue weighted by atomic mass is 32.3. The number of nitrogens with one attached hydrogen (secondary N) is 1. The van der Waals surface area contributed by atoms with Crippen LogP contribution in [-0.4, -0.2) is 340 Å².